The number of pyridine rings is 1. The SMILES string of the molecule is Cc1ccc2cccc3c2c1-c1c(c2oc(CC(C)(C)C)cc2c[n+]1C)O3. The Labute approximate surface area is 159 Å². The molecule has 0 bridgehead atoms. The second-order valence-corrected chi connectivity index (χ2v) is 8.87. The molecule has 0 saturated carbocycles. The topological polar surface area (TPSA) is 26.2 Å². The molecule has 3 heteroatoms. The van der Waals surface area contributed by atoms with Gasteiger partial charge in [-0.15, -0.1) is 0 Å². The lowest BCUT2D eigenvalue weighted by Crippen LogP contribution is -2.32. The molecule has 4 aromatic rings. The molecule has 0 saturated heterocycles. The second-order valence-electron chi connectivity index (χ2n) is 8.87. The number of aromatic nitrogens is 1. The lowest BCUT2D eigenvalue weighted by molar-refractivity contribution is -0.659. The summed E-state index contributed by atoms with van der Waals surface area (Å²) in [7, 11) is 2.09. The number of furan rings is 1. The highest BCUT2D eigenvalue weighted by Crippen LogP contribution is 2.49. The van der Waals surface area contributed by atoms with Crippen LogP contribution in [0.3, 0.4) is 0 Å². The van der Waals surface area contributed by atoms with Crippen molar-refractivity contribution in [2.75, 3.05) is 0 Å². The molecule has 0 spiro atoms. The van der Waals surface area contributed by atoms with E-state index in [9.17, 15) is 0 Å². The van der Waals surface area contributed by atoms with Crippen molar-refractivity contribution in [3.63, 3.8) is 0 Å². The molecular formula is C24H24NO2+. The van der Waals surface area contributed by atoms with E-state index in [0.29, 0.717) is 0 Å². The number of ether oxygens (including phenoxy) is 1. The molecule has 0 amide bonds. The fourth-order valence-electron chi connectivity index (χ4n) is 4.22. The van der Waals surface area contributed by atoms with Gasteiger partial charge in [-0.3, -0.25) is 0 Å². The monoisotopic (exact) mass is 358 g/mol. The maximum Gasteiger partial charge on any atom is 0.260 e. The Kier molecular flexibility index (Phi) is 3.24. The number of rotatable bonds is 1. The van der Waals surface area contributed by atoms with E-state index in [1.807, 2.05) is 6.07 Å². The van der Waals surface area contributed by atoms with Gasteiger partial charge in [0.25, 0.3) is 5.69 Å². The minimum Gasteiger partial charge on any atom is -0.457 e. The molecule has 136 valence electrons. The predicted molar refractivity (Wildman–Crippen MR) is 108 cm³/mol. The van der Waals surface area contributed by atoms with Gasteiger partial charge in [0.05, 0.1) is 10.9 Å². The third-order valence-corrected chi connectivity index (χ3v) is 5.29. The molecular weight excluding hydrogens is 334 g/mol. The Morgan fingerprint density at radius 1 is 1.04 bits per heavy atom. The van der Waals surface area contributed by atoms with Gasteiger partial charge in [0.15, 0.2) is 11.8 Å². The number of aryl methyl sites for hydroxylation is 2. The van der Waals surface area contributed by atoms with Crippen LogP contribution in [0, 0.1) is 12.3 Å². The van der Waals surface area contributed by atoms with E-state index in [1.54, 1.807) is 0 Å². The number of benzene rings is 2. The summed E-state index contributed by atoms with van der Waals surface area (Å²) >= 11 is 0. The largest absolute Gasteiger partial charge is 0.457 e. The summed E-state index contributed by atoms with van der Waals surface area (Å²) in [4.78, 5) is 0. The summed E-state index contributed by atoms with van der Waals surface area (Å²) in [5, 5.41) is 3.47. The van der Waals surface area contributed by atoms with Crippen LogP contribution >= 0.6 is 0 Å². The molecule has 0 N–H and O–H groups in total. The summed E-state index contributed by atoms with van der Waals surface area (Å²) in [5.41, 5.74) is 4.58. The Morgan fingerprint density at radius 3 is 2.63 bits per heavy atom. The average Bonchev–Trinajstić information content (AvgIpc) is 2.97. The zero-order chi connectivity index (χ0) is 18.9. The highest BCUT2D eigenvalue weighted by Gasteiger charge is 2.33. The molecule has 0 atom stereocenters. The molecule has 2 aromatic carbocycles. The third-order valence-electron chi connectivity index (χ3n) is 5.29. The first-order valence-electron chi connectivity index (χ1n) is 9.47. The Hall–Kier alpha value is -2.81. The van der Waals surface area contributed by atoms with E-state index in [0.717, 1.165) is 40.3 Å². The van der Waals surface area contributed by atoms with Crippen molar-refractivity contribution in [2.45, 2.75) is 34.1 Å². The van der Waals surface area contributed by atoms with Crippen molar-refractivity contribution in [1.82, 2.24) is 0 Å². The smallest absolute Gasteiger partial charge is 0.260 e. The first-order chi connectivity index (χ1) is 12.8. The van der Waals surface area contributed by atoms with Crippen molar-refractivity contribution in [1.29, 1.82) is 0 Å². The third kappa shape index (κ3) is 2.45. The van der Waals surface area contributed by atoms with Crippen molar-refractivity contribution < 1.29 is 13.7 Å². The van der Waals surface area contributed by atoms with E-state index >= 15 is 0 Å². The summed E-state index contributed by atoms with van der Waals surface area (Å²) in [6.07, 6.45) is 3.05. The van der Waals surface area contributed by atoms with Gasteiger partial charge in [-0.25, -0.2) is 0 Å². The van der Waals surface area contributed by atoms with Gasteiger partial charge in [-0.05, 0) is 35.4 Å². The number of hydrogen-bond donors (Lipinski definition) is 0. The average molecular weight is 358 g/mol. The Bertz CT molecular complexity index is 1230. The van der Waals surface area contributed by atoms with Gasteiger partial charge in [-0.2, -0.15) is 4.57 Å². The van der Waals surface area contributed by atoms with E-state index in [4.69, 9.17) is 9.15 Å². The van der Waals surface area contributed by atoms with Gasteiger partial charge in [-0.1, -0.05) is 45.0 Å². The zero-order valence-electron chi connectivity index (χ0n) is 16.5. The minimum atomic E-state index is 0.172. The second kappa shape index (κ2) is 5.35. The highest BCUT2D eigenvalue weighted by atomic mass is 16.5. The zero-order valence-corrected chi connectivity index (χ0v) is 16.5. The molecule has 0 unspecified atom stereocenters. The molecule has 1 aliphatic heterocycles. The molecule has 0 aliphatic carbocycles. The molecule has 5 rings (SSSR count). The molecule has 3 heterocycles. The Morgan fingerprint density at radius 2 is 1.85 bits per heavy atom. The first-order valence-corrected chi connectivity index (χ1v) is 9.47. The minimum absolute atomic E-state index is 0.172. The maximum atomic E-state index is 6.43. The van der Waals surface area contributed by atoms with Crippen molar-refractivity contribution >= 4 is 21.7 Å². The van der Waals surface area contributed by atoms with Gasteiger partial charge in [0.2, 0.25) is 5.75 Å². The van der Waals surface area contributed by atoms with Crippen LogP contribution in [0.25, 0.3) is 33.0 Å². The van der Waals surface area contributed by atoms with E-state index in [-0.39, 0.29) is 5.41 Å². The fraction of sp³-hybridized carbons (Fsp3) is 0.292. The summed E-state index contributed by atoms with van der Waals surface area (Å²) in [6.45, 7) is 8.85. The first kappa shape index (κ1) is 16.4. The Balaban J connectivity index is 1.84. The van der Waals surface area contributed by atoms with Crippen LogP contribution < -0.4 is 9.30 Å². The van der Waals surface area contributed by atoms with Crippen LogP contribution in [-0.2, 0) is 13.5 Å². The van der Waals surface area contributed by atoms with Crippen LogP contribution in [0.15, 0.2) is 47.0 Å². The van der Waals surface area contributed by atoms with Gasteiger partial charge in [0.1, 0.15) is 18.6 Å². The number of fused-ring (bicyclic) bond motifs is 4. The van der Waals surface area contributed by atoms with Crippen molar-refractivity contribution in [3.8, 4) is 22.8 Å². The van der Waals surface area contributed by atoms with Crippen LogP contribution in [0.2, 0.25) is 0 Å². The van der Waals surface area contributed by atoms with Gasteiger partial charge >= 0.3 is 0 Å². The number of hydrogen-bond acceptors (Lipinski definition) is 2. The van der Waals surface area contributed by atoms with E-state index < -0.39 is 0 Å². The maximum absolute atomic E-state index is 6.43. The summed E-state index contributed by atoms with van der Waals surface area (Å²) < 4.78 is 14.9. The van der Waals surface area contributed by atoms with Crippen molar-refractivity contribution in [2.24, 2.45) is 12.5 Å². The van der Waals surface area contributed by atoms with Crippen LogP contribution in [0.4, 0.5) is 0 Å². The summed E-state index contributed by atoms with van der Waals surface area (Å²) in [5.74, 6) is 2.73. The molecule has 0 fully saturated rings. The predicted octanol–water partition coefficient (Wildman–Crippen LogP) is 6.08. The van der Waals surface area contributed by atoms with Gasteiger partial charge in [0, 0.05) is 11.8 Å². The van der Waals surface area contributed by atoms with Crippen LogP contribution in [0.5, 0.6) is 11.5 Å². The van der Waals surface area contributed by atoms with Crippen LogP contribution in [-0.4, -0.2) is 0 Å². The van der Waals surface area contributed by atoms with Crippen LogP contribution in [0.1, 0.15) is 32.1 Å². The number of nitrogens with zero attached hydrogens (tertiary/aromatic N) is 1. The molecule has 0 radical (unpaired) electrons. The normalized spacial score (nSPS) is 13.1. The van der Waals surface area contributed by atoms with E-state index in [2.05, 4.69) is 75.8 Å². The lowest BCUT2D eigenvalue weighted by atomic mass is 9.91. The quantitative estimate of drug-likeness (QED) is 0.339. The molecule has 1 aliphatic rings. The lowest BCUT2D eigenvalue weighted by Gasteiger charge is -2.20. The summed E-state index contributed by atoms with van der Waals surface area (Å²) in [6, 6.07) is 12.7. The van der Waals surface area contributed by atoms with Crippen molar-refractivity contribution in [3.05, 3.63) is 53.9 Å². The van der Waals surface area contributed by atoms with E-state index in [1.165, 1.54) is 21.9 Å². The molecule has 3 nitrogen and oxygen atoms in total. The highest BCUT2D eigenvalue weighted by molar-refractivity contribution is 6.06. The molecule has 2 aromatic heterocycles. The standard InChI is InChI=1S/C24H24NO2/c1-14-9-10-15-7-6-8-18-20(15)19(14)21-23(27-18)22-16(13-25(21)5)11-17(26-22)12-24(2,3)4/h6-11,13H,12H2,1-5H3/q+1. The molecule has 27 heavy (non-hydrogen) atoms. The van der Waals surface area contributed by atoms with Gasteiger partial charge < -0.3 is 9.15 Å². The fourth-order valence-corrected chi connectivity index (χ4v) is 4.22.